The number of phenols is 1. The van der Waals surface area contributed by atoms with Crippen LogP contribution in [0.5, 0.6) is 5.75 Å². The van der Waals surface area contributed by atoms with Crippen molar-refractivity contribution in [2.45, 2.75) is 24.9 Å². The number of amides is 1. The molecule has 2 atom stereocenters. The summed E-state index contributed by atoms with van der Waals surface area (Å²) in [6.45, 7) is 0. The van der Waals surface area contributed by atoms with Gasteiger partial charge in [0.05, 0.1) is 12.1 Å². The maximum atomic E-state index is 12.1. The van der Waals surface area contributed by atoms with E-state index in [0.717, 1.165) is 11.1 Å². The van der Waals surface area contributed by atoms with Gasteiger partial charge in [-0.05, 0) is 29.7 Å². The Hall–Kier alpha value is -2.66. The van der Waals surface area contributed by atoms with Crippen LogP contribution in [0.25, 0.3) is 0 Å². The normalized spacial score (nSPS) is 13.1. The molecule has 5 heteroatoms. The first-order chi connectivity index (χ1) is 11.1. The highest BCUT2D eigenvalue weighted by atomic mass is 16.3. The second-order valence-corrected chi connectivity index (χ2v) is 5.35. The molecule has 23 heavy (non-hydrogen) atoms. The number of carbonyl (C=O) groups is 1. The molecule has 0 aliphatic heterocycles. The number of aromatic hydroxyl groups is 1. The van der Waals surface area contributed by atoms with Crippen molar-refractivity contribution < 1.29 is 14.7 Å². The van der Waals surface area contributed by atoms with Crippen LogP contribution in [0, 0.1) is 0 Å². The summed E-state index contributed by atoms with van der Waals surface area (Å²) in [5.41, 5.74) is 7.65. The Kier molecular flexibility index (Phi) is 5.88. The van der Waals surface area contributed by atoms with Crippen LogP contribution in [-0.2, 0) is 22.4 Å². The minimum absolute atomic E-state index is 0.158. The quantitative estimate of drug-likeness (QED) is 0.714. The maximum absolute atomic E-state index is 12.1. The highest BCUT2D eigenvalue weighted by molar-refractivity contribution is 5.84. The zero-order chi connectivity index (χ0) is 16.7. The molecule has 2 aromatic rings. The Bertz CT molecular complexity index is 641. The van der Waals surface area contributed by atoms with Crippen LogP contribution >= 0.6 is 0 Å². The summed E-state index contributed by atoms with van der Waals surface area (Å²) in [7, 11) is 0. The van der Waals surface area contributed by atoms with Gasteiger partial charge >= 0.3 is 0 Å². The molecule has 0 aliphatic rings. The lowest BCUT2D eigenvalue weighted by atomic mass is 10.0. The van der Waals surface area contributed by atoms with Crippen molar-refractivity contribution >= 4 is 12.2 Å². The van der Waals surface area contributed by atoms with Crippen LogP contribution in [0.2, 0.25) is 0 Å². The zero-order valence-electron chi connectivity index (χ0n) is 12.6. The Balaban J connectivity index is 1.90. The van der Waals surface area contributed by atoms with Crippen molar-refractivity contribution in [3.8, 4) is 5.75 Å². The average molecular weight is 311 g/mol. The van der Waals surface area contributed by atoms with Crippen LogP contribution in [-0.4, -0.2) is 29.4 Å². The lowest BCUT2D eigenvalue weighted by molar-refractivity contribution is -0.122. The van der Waals surface area contributed by atoms with Crippen molar-refractivity contribution in [1.82, 2.24) is 5.32 Å². The van der Waals surface area contributed by atoms with E-state index in [1.165, 1.54) is 12.1 Å². The van der Waals surface area contributed by atoms with Crippen molar-refractivity contribution in [2.24, 2.45) is 5.73 Å². The van der Waals surface area contributed by atoms with E-state index in [4.69, 9.17) is 5.73 Å². The van der Waals surface area contributed by atoms with Gasteiger partial charge in [-0.1, -0.05) is 42.5 Å². The lowest BCUT2D eigenvalue weighted by Crippen LogP contribution is -2.47. The molecule has 0 heterocycles. The molecule has 5 nitrogen and oxygen atoms in total. The van der Waals surface area contributed by atoms with E-state index in [-0.39, 0.29) is 5.75 Å². The largest absolute Gasteiger partial charge is 0.508 e. The van der Waals surface area contributed by atoms with E-state index >= 15 is 0 Å². The van der Waals surface area contributed by atoms with E-state index in [9.17, 15) is 14.7 Å². The molecule has 0 aliphatic carbocycles. The fraction of sp³-hybridized carbons (Fsp3) is 0.222. The molecule has 2 rings (SSSR count). The molecule has 1 amide bonds. The standard InChI is InChI=1S/C18H19N2O3/c19-17(11-14-6-8-16(22)9-7-14)18(23)20-15(12-21)10-13-4-2-1-3-5-13/h1-9,15,17,22H,10-11,19H2,(H,20,23)/t15-,17+/m1/s1. The Labute approximate surface area is 135 Å². The number of hydrogen-bond donors (Lipinski definition) is 3. The SMILES string of the molecule is N[C@@H](Cc1ccc(O)cc1)C(=O)N[C@@H]([C]=O)Cc1ccccc1. The first-order valence-corrected chi connectivity index (χ1v) is 7.34. The van der Waals surface area contributed by atoms with Gasteiger partial charge in [-0.3, -0.25) is 9.59 Å². The summed E-state index contributed by atoms with van der Waals surface area (Å²) in [5, 5.41) is 11.8. The van der Waals surface area contributed by atoms with Crippen molar-refractivity contribution in [3.63, 3.8) is 0 Å². The molecule has 0 saturated heterocycles. The zero-order valence-corrected chi connectivity index (χ0v) is 12.6. The third kappa shape index (κ3) is 5.23. The molecule has 0 spiro atoms. The Morgan fingerprint density at radius 1 is 1.04 bits per heavy atom. The lowest BCUT2D eigenvalue weighted by Gasteiger charge is -2.16. The van der Waals surface area contributed by atoms with Gasteiger partial charge in [0, 0.05) is 6.42 Å². The van der Waals surface area contributed by atoms with Gasteiger partial charge in [-0.15, -0.1) is 0 Å². The molecule has 2 aromatic carbocycles. The van der Waals surface area contributed by atoms with Crippen LogP contribution in [0.15, 0.2) is 54.6 Å². The third-order valence-corrected chi connectivity index (χ3v) is 3.47. The molecule has 0 bridgehead atoms. The second kappa shape index (κ2) is 8.10. The van der Waals surface area contributed by atoms with Crippen LogP contribution < -0.4 is 11.1 Å². The minimum Gasteiger partial charge on any atom is -0.508 e. The summed E-state index contributed by atoms with van der Waals surface area (Å²) in [6, 6.07) is 14.4. The van der Waals surface area contributed by atoms with Crippen LogP contribution in [0.1, 0.15) is 11.1 Å². The van der Waals surface area contributed by atoms with E-state index < -0.39 is 18.0 Å². The minimum atomic E-state index is -0.772. The summed E-state index contributed by atoms with van der Waals surface area (Å²) >= 11 is 0. The average Bonchev–Trinajstić information content (AvgIpc) is 2.57. The monoisotopic (exact) mass is 311 g/mol. The van der Waals surface area contributed by atoms with Crippen molar-refractivity contribution in [3.05, 3.63) is 65.7 Å². The fourth-order valence-electron chi connectivity index (χ4n) is 2.23. The predicted molar refractivity (Wildman–Crippen MR) is 87.6 cm³/mol. The Morgan fingerprint density at radius 2 is 1.65 bits per heavy atom. The third-order valence-electron chi connectivity index (χ3n) is 3.47. The number of rotatable bonds is 7. The first-order valence-electron chi connectivity index (χ1n) is 7.34. The molecule has 1 radical (unpaired) electrons. The van der Waals surface area contributed by atoms with E-state index in [1.807, 2.05) is 36.6 Å². The van der Waals surface area contributed by atoms with E-state index in [0.29, 0.717) is 12.8 Å². The molecule has 119 valence electrons. The first kappa shape index (κ1) is 16.7. The van der Waals surface area contributed by atoms with E-state index in [2.05, 4.69) is 5.32 Å². The maximum Gasteiger partial charge on any atom is 0.237 e. The highest BCUT2D eigenvalue weighted by Crippen LogP contribution is 2.11. The topological polar surface area (TPSA) is 92.4 Å². The fourth-order valence-corrected chi connectivity index (χ4v) is 2.23. The van der Waals surface area contributed by atoms with Crippen molar-refractivity contribution in [1.29, 1.82) is 0 Å². The Morgan fingerprint density at radius 3 is 2.26 bits per heavy atom. The molecular weight excluding hydrogens is 292 g/mol. The second-order valence-electron chi connectivity index (χ2n) is 5.35. The molecule has 0 aromatic heterocycles. The predicted octanol–water partition coefficient (Wildman–Crippen LogP) is 1.10. The number of hydrogen-bond acceptors (Lipinski definition) is 4. The highest BCUT2D eigenvalue weighted by Gasteiger charge is 2.19. The summed E-state index contributed by atoms with van der Waals surface area (Å²) in [5.74, 6) is -0.243. The van der Waals surface area contributed by atoms with Crippen molar-refractivity contribution in [2.75, 3.05) is 0 Å². The van der Waals surface area contributed by atoms with E-state index in [1.54, 1.807) is 12.1 Å². The van der Waals surface area contributed by atoms with Gasteiger partial charge < -0.3 is 16.2 Å². The van der Waals surface area contributed by atoms with Gasteiger partial charge in [0.1, 0.15) is 5.75 Å². The van der Waals surface area contributed by atoms with Crippen LogP contribution in [0.3, 0.4) is 0 Å². The van der Waals surface area contributed by atoms with Gasteiger partial charge in [0.25, 0.3) is 0 Å². The van der Waals surface area contributed by atoms with Crippen LogP contribution in [0.4, 0.5) is 0 Å². The summed E-state index contributed by atoms with van der Waals surface area (Å²) in [4.78, 5) is 23.2. The number of carbonyl (C=O) groups excluding carboxylic acids is 2. The van der Waals surface area contributed by atoms with Gasteiger partial charge in [0.15, 0.2) is 0 Å². The number of benzene rings is 2. The molecular formula is C18H19N2O3. The molecule has 0 unspecified atom stereocenters. The molecule has 0 saturated carbocycles. The number of nitrogens with two attached hydrogens (primary N) is 1. The number of nitrogens with one attached hydrogen (secondary N) is 1. The number of phenolic OH excluding ortho intramolecular Hbond substituents is 1. The summed E-state index contributed by atoms with van der Waals surface area (Å²) < 4.78 is 0. The smallest absolute Gasteiger partial charge is 0.237 e. The van der Waals surface area contributed by atoms with Gasteiger partial charge in [-0.25, -0.2) is 0 Å². The summed E-state index contributed by atoms with van der Waals surface area (Å²) in [6.07, 6.45) is 2.54. The molecule has 4 N–H and O–H groups in total. The van der Waals surface area contributed by atoms with Gasteiger partial charge in [0.2, 0.25) is 12.2 Å². The molecule has 0 fully saturated rings. The van der Waals surface area contributed by atoms with Gasteiger partial charge in [-0.2, -0.15) is 0 Å².